The second-order valence-corrected chi connectivity index (χ2v) is 13.6. The Hall–Kier alpha value is -3.47. The molecule has 2 saturated carbocycles. The molecular weight excluding hydrogens is 564 g/mol. The summed E-state index contributed by atoms with van der Waals surface area (Å²) in [5.41, 5.74) is 5.47. The number of nitrogens with two attached hydrogens (primary N) is 1. The first-order chi connectivity index (χ1) is 21.0. The highest BCUT2D eigenvalue weighted by Gasteiger charge is 2.46. The molecule has 11 heteroatoms. The average Bonchev–Trinajstić information content (AvgIpc) is 3.71. The Morgan fingerprint density at radius 1 is 1.11 bits per heavy atom. The van der Waals surface area contributed by atoms with Crippen LogP contribution in [-0.4, -0.2) is 77.3 Å². The van der Waals surface area contributed by atoms with Gasteiger partial charge in [-0.15, -0.1) is 0 Å². The van der Waals surface area contributed by atoms with Gasteiger partial charge in [0.15, 0.2) is 0 Å². The van der Waals surface area contributed by atoms with Gasteiger partial charge in [-0.25, -0.2) is 0 Å². The second kappa shape index (κ2) is 13.7. The first-order valence-corrected chi connectivity index (χ1v) is 16.1. The molecule has 4 N–H and O–H groups in total. The number of Topliss-reactive ketones (excluding diaryl/α,β-unsaturated/α-hetero) is 1. The van der Waals surface area contributed by atoms with Crippen molar-refractivity contribution in [2.45, 2.75) is 114 Å². The minimum absolute atomic E-state index is 0.0621. The van der Waals surface area contributed by atoms with Crippen molar-refractivity contribution in [2.24, 2.45) is 17.6 Å². The van der Waals surface area contributed by atoms with Crippen molar-refractivity contribution in [3.8, 4) is 5.75 Å². The molecule has 0 aromatic heterocycles. The Labute approximate surface area is 258 Å². The zero-order valence-corrected chi connectivity index (χ0v) is 25.8. The van der Waals surface area contributed by atoms with Gasteiger partial charge in [-0.2, -0.15) is 0 Å². The summed E-state index contributed by atoms with van der Waals surface area (Å²) in [5.74, 6) is -2.20. The quantitative estimate of drug-likeness (QED) is 0.400. The van der Waals surface area contributed by atoms with Crippen LogP contribution in [0.5, 0.6) is 5.75 Å². The molecule has 2 heterocycles. The zero-order valence-electron chi connectivity index (χ0n) is 25.8. The molecule has 2 aliphatic heterocycles. The number of amides is 4. The maximum atomic E-state index is 14.4. The number of benzene rings is 1. The number of nitrogens with zero attached hydrogens (tertiary/aromatic N) is 1. The lowest BCUT2D eigenvalue weighted by atomic mass is 9.83. The highest BCUT2D eigenvalue weighted by molar-refractivity contribution is 6.37. The Morgan fingerprint density at radius 2 is 1.86 bits per heavy atom. The fraction of sp³-hybridized carbons (Fsp3) is 0.667. The number of hydrogen-bond acceptors (Lipinski definition) is 7. The number of carbonyl (C=O) groups excluding carboxylic acids is 5. The average molecular weight is 611 g/mol. The molecule has 0 spiro atoms. The van der Waals surface area contributed by atoms with E-state index in [0.29, 0.717) is 25.2 Å². The molecule has 1 saturated heterocycles. The van der Waals surface area contributed by atoms with Gasteiger partial charge in [-0.1, -0.05) is 44.2 Å². The van der Waals surface area contributed by atoms with E-state index >= 15 is 0 Å². The first kappa shape index (κ1) is 31.9. The third-order valence-corrected chi connectivity index (χ3v) is 9.42. The number of hydrogen-bond donors (Lipinski definition) is 3. The van der Waals surface area contributed by atoms with Gasteiger partial charge in [0, 0.05) is 19.4 Å². The molecule has 240 valence electrons. The zero-order chi connectivity index (χ0) is 31.4. The van der Waals surface area contributed by atoms with Crippen LogP contribution in [0.1, 0.15) is 83.6 Å². The fourth-order valence-electron chi connectivity index (χ4n) is 6.84. The third kappa shape index (κ3) is 8.16. The summed E-state index contributed by atoms with van der Waals surface area (Å²) in [6.45, 7) is 4.45. The second-order valence-electron chi connectivity index (χ2n) is 13.6. The molecule has 4 aliphatic rings. The van der Waals surface area contributed by atoms with Crippen molar-refractivity contribution in [2.75, 3.05) is 13.2 Å². The van der Waals surface area contributed by atoms with Gasteiger partial charge < -0.3 is 30.7 Å². The van der Waals surface area contributed by atoms with Crippen molar-refractivity contribution in [1.29, 1.82) is 0 Å². The van der Waals surface area contributed by atoms with Gasteiger partial charge in [0.25, 0.3) is 5.91 Å². The van der Waals surface area contributed by atoms with Crippen LogP contribution < -0.4 is 21.1 Å². The van der Waals surface area contributed by atoms with Crippen LogP contribution in [0.2, 0.25) is 0 Å². The monoisotopic (exact) mass is 610 g/mol. The summed E-state index contributed by atoms with van der Waals surface area (Å²) in [6.07, 6.45) is 7.19. The summed E-state index contributed by atoms with van der Waals surface area (Å²) in [4.78, 5) is 67.6. The number of ether oxygens (including phenoxy) is 2. The topological polar surface area (TPSA) is 157 Å². The summed E-state index contributed by atoms with van der Waals surface area (Å²) in [6, 6.07) is 4.63. The van der Waals surface area contributed by atoms with E-state index < -0.39 is 47.4 Å². The fourth-order valence-corrected chi connectivity index (χ4v) is 6.84. The Kier molecular flexibility index (Phi) is 9.92. The first-order valence-electron chi connectivity index (χ1n) is 16.1. The number of carbonyl (C=O) groups is 5. The smallest absolute Gasteiger partial charge is 0.287 e. The predicted molar refractivity (Wildman–Crippen MR) is 161 cm³/mol. The molecule has 4 bridgehead atoms. The lowest BCUT2D eigenvalue weighted by molar-refractivity contribution is -0.144. The van der Waals surface area contributed by atoms with Crippen molar-refractivity contribution < 1.29 is 33.4 Å². The van der Waals surface area contributed by atoms with Crippen molar-refractivity contribution in [3.63, 3.8) is 0 Å². The minimum atomic E-state index is -1.09. The van der Waals surface area contributed by atoms with Crippen LogP contribution in [0.15, 0.2) is 24.3 Å². The highest BCUT2D eigenvalue weighted by Crippen LogP contribution is 2.35. The van der Waals surface area contributed by atoms with Crippen LogP contribution in [-0.2, 0) is 35.1 Å². The van der Waals surface area contributed by atoms with Gasteiger partial charge in [0.05, 0.1) is 30.8 Å². The predicted octanol–water partition coefficient (Wildman–Crippen LogP) is 2.18. The largest absolute Gasteiger partial charge is 0.493 e. The Morgan fingerprint density at radius 3 is 2.57 bits per heavy atom. The number of ketones is 1. The molecule has 44 heavy (non-hydrogen) atoms. The molecule has 11 nitrogen and oxygen atoms in total. The standard InChI is InChI=1S/C33H46N4O7/c1-33(2)13-14-43-23-10-6-7-21(15-23)17-27(38)36-28(22-8-4-3-5-9-22)32(42)37-19-24(44-33)18-26(37)31(41)35-25(16-20-11-12-20)29(39)30(34)40/h6-7,10,15,20,22,24-26,28H,3-5,8-9,11-14,16-19H2,1-2H3,(H2,34,40)(H,35,41)(H,36,38)/t24-,25?,26?,28+/m1/s1. The Balaban J connectivity index is 1.44. The van der Waals surface area contributed by atoms with Crippen molar-refractivity contribution >= 4 is 29.4 Å². The maximum Gasteiger partial charge on any atom is 0.287 e. The number of rotatable bonds is 7. The molecule has 2 aliphatic carbocycles. The van der Waals surface area contributed by atoms with E-state index in [2.05, 4.69) is 10.6 Å². The molecule has 4 amide bonds. The highest BCUT2D eigenvalue weighted by atomic mass is 16.5. The van der Waals surface area contributed by atoms with Crippen molar-refractivity contribution in [3.05, 3.63) is 29.8 Å². The van der Waals surface area contributed by atoms with E-state index in [4.69, 9.17) is 15.2 Å². The van der Waals surface area contributed by atoms with Crippen LogP contribution in [0, 0.1) is 11.8 Å². The van der Waals surface area contributed by atoms with Gasteiger partial charge in [-0.3, -0.25) is 24.0 Å². The molecular formula is C33H46N4O7. The van der Waals surface area contributed by atoms with E-state index in [-0.39, 0.29) is 43.0 Å². The number of fused-ring (bicyclic) bond motifs is 4. The van der Waals surface area contributed by atoms with Crippen LogP contribution in [0.4, 0.5) is 0 Å². The summed E-state index contributed by atoms with van der Waals surface area (Å²) in [7, 11) is 0. The normalized spacial score (nSPS) is 27.1. The Bertz CT molecular complexity index is 1260. The third-order valence-electron chi connectivity index (χ3n) is 9.42. The number of primary amides is 1. The maximum absolute atomic E-state index is 14.4. The van der Waals surface area contributed by atoms with Gasteiger partial charge in [-0.05, 0) is 62.6 Å². The van der Waals surface area contributed by atoms with E-state index in [1.165, 1.54) is 4.90 Å². The van der Waals surface area contributed by atoms with E-state index in [9.17, 15) is 24.0 Å². The van der Waals surface area contributed by atoms with Gasteiger partial charge >= 0.3 is 0 Å². The van der Waals surface area contributed by atoms with E-state index in [1.807, 2.05) is 38.1 Å². The summed E-state index contributed by atoms with van der Waals surface area (Å²) in [5, 5.41) is 5.79. The SMILES string of the molecule is CC1(C)CCOc2cccc(c2)CC(=O)N[C@@H](C2CCCCC2)C(=O)N2C[C@@H](CC2C(=O)NC(CC2CC2)C(=O)C(N)=O)O1. The van der Waals surface area contributed by atoms with Crippen molar-refractivity contribution in [1.82, 2.24) is 15.5 Å². The molecule has 1 aromatic carbocycles. The van der Waals surface area contributed by atoms with E-state index in [0.717, 1.165) is 50.5 Å². The summed E-state index contributed by atoms with van der Waals surface area (Å²) >= 11 is 0. The molecule has 5 rings (SSSR count). The van der Waals surface area contributed by atoms with Gasteiger partial charge in [0.1, 0.15) is 17.8 Å². The minimum Gasteiger partial charge on any atom is -0.493 e. The molecule has 4 atom stereocenters. The lowest BCUT2D eigenvalue weighted by Crippen LogP contribution is -2.58. The van der Waals surface area contributed by atoms with E-state index in [1.54, 1.807) is 0 Å². The van der Waals surface area contributed by atoms with Crippen LogP contribution in [0.25, 0.3) is 0 Å². The van der Waals surface area contributed by atoms with Crippen LogP contribution >= 0.6 is 0 Å². The number of nitrogens with one attached hydrogen (secondary N) is 2. The molecule has 0 radical (unpaired) electrons. The molecule has 3 fully saturated rings. The molecule has 2 unspecified atom stereocenters. The van der Waals surface area contributed by atoms with Gasteiger partial charge in [0.2, 0.25) is 23.5 Å². The molecule has 1 aromatic rings. The lowest BCUT2D eigenvalue weighted by Gasteiger charge is -2.35. The van der Waals surface area contributed by atoms with Crippen LogP contribution in [0.3, 0.4) is 0 Å². The summed E-state index contributed by atoms with van der Waals surface area (Å²) < 4.78 is 12.5.